The number of hydrogen-bond acceptors (Lipinski definition) is 5. The summed E-state index contributed by atoms with van der Waals surface area (Å²) < 4.78 is 30.1. The van der Waals surface area contributed by atoms with Gasteiger partial charge in [-0.15, -0.1) is 0 Å². The molecular weight excluding hydrogens is 412 g/mol. The molecular formula is C21H23ClN2O4S. The summed E-state index contributed by atoms with van der Waals surface area (Å²) in [5, 5.41) is 0.390. The van der Waals surface area contributed by atoms with E-state index in [1.807, 2.05) is 35.2 Å². The van der Waals surface area contributed by atoms with Crippen molar-refractivity contribution < 1.29 is 17.9 Å². The summed E-state index contributed by atoms with van der Waals surface area (Å²) in [6.45, 7) is 0.830. The minimum Gasteiger partial charge on any atom is -0.495 e. The van der Waals surface area contributed by atoms with Crippen molar-refractivity contribution in [3.63, 3.8) is 0 Å². The summed E-state index contributed by atoms with van der Waals surface area (Å²) in [6, 6.07) is 14.5. The van der Waals surface area contributed by atoms with Gasteiger partial charge in [-0.25, -0.2) is 8.42 Å². The standard InChI is InChI=1S/C21H23ClN2O4S/c1-28-20-8-7-16(11-17(20)22)24-19-14-29(26,27)13-18(19)23(12-21(24)25)10-9-15-5-3-2-4-6-15/h2-8,11,18-19H,9-10,12-14H2,1H3. The second kappa shape index (κ2) is 7.97. The SMILES string of the molecule is COc1ccc(N2C(=O)CN(CCc3ccccc3)C3CS(=O)(=O)CC32)cc1Cl. The van der Waals surface area contributed by atoms with Crippen LogP contribution in [0.5, 0.6) is 5.75 Å². The number of benzene rings is 2. The molecule has 2 heterocycles. The molecule has 0 aromatic heterocycles. The monoisotopic (exact) mass is 434 g/mol. The molecule has 0 spiro atoms. The van der Waals surface area contributed by atoms with Gasteiger partial charge >= 0.3 is 0 Å². The predicted octanol–water partition coefficient (Wildman–Crippen LogP) is 2.41. The third-order valence-corrected chi connectivity index (χ3v) is 7.64. The largest absolute Gasteiger partial charge is 0.495 e. The Morgan fingerprint density at radius 2 is 1.83 bits per heavy atom. The van der Waals surface area contributed by atoms with Crippen LogP contribution in [0.3, 0.4) is 0 Å². The van der Waals surface area contributed by atoms with Crippen molar-refractivity contribution in [1.82, 2.24) is 4.90 Å². The van der Waals surface area contributed by atoms with Crippen molar-refractivity contribution in [2.45, 2.75) is 18.5 Å². The number of sulfone groups is 1. The molecule has 1 amide bonds. The molecule has 2 aromatic carbocycles. The van der Waals surface area contributed by atoms with E-state index < -0.39 is 15.9 Å². The van der Waals surface area contributed by atoms with E-state index in [2.05, 4.69) is 0 Å². The first-order chi connectivity index (χ1) is 13.9. The van der Waals surface area contributed by atoms with Gasteiger partial charge in [0, 0.05) is 18.3 Å². The van der Waals surface area contributed by atoms with E-state index in [0.717, 1.165) is 6.42 Å². The molecule has 2 aromatic rings. The number of halogens is 1. The molecule has 2 unspecified atom stereocenters. The number of anilines is 1. The van der Waals surface area contributed by atoms with Crippen LogP contribution in [0.15, 0.2) is 48.5 Å². The molecule has 8 heteroatoms. The van der Waals surface area contributed by atoms with Gasteiger partial charge in [-0.05, 0) is 30.2 Å². The average Bonchev–Trinajstić information content (AvgIpc) is 3.01. The number of ether oxygens (including phenoxy) is 1. The Morgan fingerprint density at radius 1 is 1.10 bits per heavy atom. The topological polar surface area (TPSA) is 66.9 Å². The lowest BCUT2D eigenvalue weighted by atomic mass is 10.0. The number of piperazine rings is 1. The summed E-state index contributed by atoms with van der Waals surface area (Å²) in [4.78, 5) is 16.7. The molecule has 2 aliphatic rings. The number of rotatable bonds is 5. The minimum absolute atomic E-state index is 0.0328. The van der Waals surface area contributed by atoms with Crippen molar-refractivity contribution in [1.29, 1.82) is 0 Å². The number of carbonyl (C=O) groups is 1. The summed E-state index contributed by atoms with van der Waals surface area (Å²) in [5.41, 5.74) is 1.78. The first-order valence-corrected chi connectivity index (χ1v) is 11.7. The quantitative estimate of drug-likeness (QED) is 0.723. The summed E-state index contributed by atoms with van der Waals surface area (Å²) in [7, 11) is -1.70. The summed E-state index contributed by atoms with van der Waals surface area (Å²) >= 11 is 6.25. The number of fused-ring (bicyclic) bond motifs is 1. The highest BCUT2D eigenvalue weighted by Gasteiger charge is 2.49. The van der Waals surface area contributed by atoms with Crippen molar-refractivity contribution in [3.8, 4) is 5.75 Å². The highest BCUT2D eigenvalue weighted by Crippen LogP contribution is 2.35. The number of methoxy groups -OCH3 is 1. The molecule has 6 nitrogen and oxygen atoms in total. The number of amides is 1. The lowest BCUT2D eigenvalue weighted by molar-refractivity contribution is -0.123. The molecule has 2 aliphatic heterocycles. The van der Waals surface area contributed by atoms with Crippen LogP contribution in [0.25, 0.3) is 0 Å². The van der Waals surface area contributed by atoms with Gasteiger partial charge < -0.3 is 9.64 Å². The Labute approximate surface area is 175 Å². The van der Waals surface area contributed by atoms with E-state index in [-0.39, 0.29) is 30.0 Å². The van der Waals surface area contributed by atoms with Crippen LogP contribution < -0.4 is 9.64 Å². The van der Waals surface area contributed by atoms with Crippen LogP contribution in [0.1, 0.15) is 5.56 Å². The smallest absolute Gasteiger partial charge is 0.241 e. The molecule has 0 bridgehead atoms. The molecule has 4 rings (SSSR count). The Balaban J connectivity index is 1.60. The van der Waals surface area contributed by atoms with Crippen molar-refractivity contribution in [2.24, 2.45) is 0 Å². The molecule has 2 saturated heterocycles. The lowest BCUT2D eigenvalue weighted by Gasteiger charge is -2.43. The van der Waals surface area contributed by atoms with Crippen LogP contribution in [0.2, 0.25) is 5.02 Å². The molecule has 0 radical (unpaired) electrons. The normalized spacial score (nSPS) is 23.8. The van der Waals surface area contributed by atoms with Gasteiger partial charge in [-0.2, -0.15) is 0 Å². The van der Waals surface area contributed by atoms with Crippen molar-refractivity contribution in [2.75, 3.05) is 36.6 Å². The maximum absolute atomic E-state index is 13.1. The Bertz CT molecular complexity index is 1010. The molecule has 29 heavy (non-hydrogen) atoms. The molecule has 0 aliphatic carbocycles. The fourth-order valence-corrected chi connectivity index (χ4v) is 6.49. The minimum atomic E-state index is -3.23. The maximum atomic E-state index is 13.1. The number of nitrogens with zero attached hydrogens (tertiary/aromatic N) is 2. The van der Waals surface area contributed by atoms with E-state index in [1.165, 1.54) is 12.7 Å². The van der Waals surface area contributed by atoms with E-state index in [1.54, 1.807) is 23.1 Å². The second-order valence-electron chi connectivity index (χ2n) is 7.50. The predicted molar refractivity (Wildman–Crippen MR) is 113 cm³/mol. The zero-order chi connectivity index (χ0) is 20.6. The van der Waals surface area contributed by atoms with Crippen LogP contribution in [-0.4, -0.2) is 63.0 Å². The second-order valence-corrected chi connectivity index (χ2v) is 10.1. The lowest BCUT2D eigenvalue weighted by Crippen LogP contribution is -2.62. The van der Waals surface area contributed by atoms with Gasteiger partial charge in [-0.1, -0.05) is 41.9 Å². The number of hydrogen-bond donors (Lipinski definition) is 0. The third kappa shape index (κ3) is 4.13. The summed E-state index contributed by atoms with van der Waals surface area (Å²) in [6.07, 6.45) is 0.770. The van der Waals surface area contributed by atoms with Crippen LogP contribution >= 0.6 is 11.6 Å². The fraction of sp³-hybridized carbons (Fsp3) is 0.381. The zero-order valence-corrected chi connectivity index (χ0v) is 17.7. The van der Waals surface area contributed by atoms with Gasteiger partial charge in [0.25, 0.3) is 0 Å². The maximum Gasteiger partial charge on any atom is 0.241 e. The first-order valence-electron chi connectivity index (χ1n) is 9.52. The molecule has 0 saturated carbocycles. The van der Waals surface area contributed by atoms with E-state index in [4.69, 9.17) is 16.3 Å². The highest BCUT2D eigenvalue weighted by atomic mass is 35.5. The summed E-state index contributed by atoms with van der Waals surface area (Å²) in [5.74, 6) is 0.437. The molecule has 2 fully saturated rings. The first kappa shape index (κ1) is 20.2. The Hall–Kier alpha value is -2.09. The molecule has 0 N–H and O–H groups in total. The van der Waals surface area contributed by atoms with Gasteiger partial charge in [0.05, 0.1) is 36.2 Å². The molecule has 154 valence electrons. The Morgan fingerprint density at radius 3 is 2.52 bits per heavy atom. The van der Waals surface area contributed by atoms with E-state index in [9.17, 15) is 13.2 Å². The van der Waals surface area contributed by atoms with Gasteiger partial charge in [-0.3, -0.25) is 9.69 Å². The van der Waals surface area contributed by atoms with Crippen molar-refractivity contribution in [3.05, 3.63) is 59.1 Å². The van der Waals surface area contributed by atoms with Crippen LogP contribution in [0, 0.1) is 0 Å². The van der Waals surface area contributed by atoms with Crippen LogP contribution in [-0.2, 0) is 21.1 Å². The molecule has 2 atom stereocenters. The number of carbonyl (C=O) groups excluding carboxylic acids is 1. The van der Waals surface area contributed by atoms with E-state index in [0.29, 0.717) is 23.0 Å². The van der Waals surface area contributed by atoms with E-state index >= 15 is 0 Å². The van der Waals surface area contributed by atoms with Crippen LogP contribution in [0.4, 0.5) is 5.69 Å². The van der Waals surface area contributed by atoms with Gasteiger partial charge in [0.2, 0.25) is 5.91 Å². The third-order valence-electron chi connectivity index (χ3n) is 5.65. The van der Waals surface area contributed by atoms with Crippen molar-refractivity contribution >= 4 is 33.0 Å². The van der Waals surface area contributed by atoms with Gasteiger partial charge in [0.1, 0.15) is 5.75 Å². The Kier molecular flexibility index (Phi) is 5.55. The fourth-order valence-electron chi connectivity index (χ4n) is 4.26. The van der Waals surface area contributed by atoms with Gasteiger partial charge in [0.15, 0.2) is 9.84 Å². The highest BCUT2D eigenvalue weighted by molar-refractivity contribution is 7.91. The average molecular weight is 435 g/mol. The zero-order valence-electron chi connectivity index (χ0n) is 16.1.